The number of hydrogen-bond donors (Lipinski definition) is 1. The molecule has 16 heavy (non-hydrogen) atoms. The Labute approximate surface area is 102 Å². The Morgan fingerprint density at radius 1 is 1.56 bits per heavy atom. The van der Waals surface area contributed by atoms with E-state index in [4.69, 9.17) is 0 Å². The highest BCUT2D eigenvalue weighted by Crippen LogP contribution is 2.31. The number of thiol groups is 1. The lowest BCUT2D eigenvalue weighted by molar-refractivity contribution is -0.384. The molecule has 0 unspecified atom stereocenters. The summed E-state index contributed by atoms with van der Waals surface area (Å²) in [4.78, 5) is 15.3. The fraction of sp³-hybridized carbons (Fsp3) is 0.300. The largest absolute Gasteiger partial charge is 0.272 e. The maximum atomic E-state index is 10.7. The molecular weight excluding hydrogens is 244 g/mol. The minimum atomic E-state index is -0.404. The van der Waals surface area contributed by atoms with Gasteiger partial charge in [-0.05, 0) is 12.8 Å². The van der Waals surface area contributed by atoms with Crippen molar-refractivity contribution in [1.82, 2.24) is 4.98 Å². The van der Waals surface area contributed by atoms with Crippen molar-refractivity contribution >= 4 is 39.9 Å². The molecule has 1 heterocycles. The van der Waals surface area contributed by atoms with E-state index in [1.807, 2.05) is 0 Å². The van der Waals surface area contributed by atoms with Crippen molar-refractivity contribution in [2.24, 2.45) is 0 Å². The van der Waals surface area contributed by atoms with Gasteiger partial charge in [0.25, 0.3) is 5.69 Å². The van der Waals surface area contributed by atoms with E-state index in [-0.39, 0.29) is 5.69 Å². The molecule has 2 aromatic rings. The van der Waals surface area contributed by atoms with Gasteiger partial charge in [-0.2, -0.15) is 0 Å². The second-order valence-corrected chi connectivity index (χ2v) is 5.02. The second-order valence-electron chi connectivity index (χ2n) is 3.43. The summed E-state index contributed by atoms with van der Waals surface area (Å²) in [7, 11) is 0. The third kappa shape index (κ3) is 2.03. The van der Waals surface area contributed by atoms with Gasteiger partial charge in [0, 0.05) is 17.0 Å². The first-order valence-corrected chi connectivity index (χ1v) is 6.15. The average Bonchev–Trinajstić information content (AvgIpc) is 2.61. The Bertz CT molecular complexity index is 551. The van der Waals surface area contributed by atoms with Gasteiger partial charge < -0.3 is 0 Å². The van der Waals surface area contributed by atoms with Crippen LogP contribution in [0.25, 0.3) is 10.2 Å². The van der Waals surface area contributed by atoms with Gasteiger partial charge in [0.15, 0.2) is 0 Å². The van der Waals surface area contributed by atoms with Crippen molar-refractivity contribution in [2.75, 3.05) is 0 Å². The molecule has 0 saturated carbocycles. The van der Waals surface area contributed by atoms with Crippen molar-refractivity contribution in [1.29, 1.82) is 0 Å². The molecule has 0 aliphatic rings. The third-order valence-corrected chi connectivity index (χ3v) is 3.58. The van der Waals surface area contributed by atoms with Crippen molar-refractivity contribution < 1.29 is 4.92 Å². The number of benzene rings is 1. The lowest BCUT2D eigenvalue weighted by atomic mass is 10.3. The topological polar surface area (TPSA) is 56.0 Å². The van der Waals surface area contributed by atoms with Gasteiger partial charge in [-0.25, -0.2) is 4.98 Å². The number of aromatic nitrogens is 1. The SMILES string of the molecule is CCCc1nc2c(S)cc([N+](=O)[O-])cc2s1. The summed E-state index contributed by atoms with van der Waals surface area (Å²) in [6.07, 6.45) is 1.92. The van der Waals surface area contributed by atoms with Crippen LogP contribution in [0.1, 0.15) is 18.4 Å². The summed E-state index contributed by atoms with van der Waals surface area (Å²) in [6.45, 7) is 2.08. The Kier molecular flexibility index (Phi) is 3.11. The molecule has 0 N–H and O–H groups in total. The second kappa shape index (κ2) is 4.39. The number of nitrogens with zero attached hydrogens (tertiary/aromatic N) is 2. The van der Waals surface area contributed by atoms with Gasteiger partial charge in [-0.3, -0.25) is 10.1 Å². The molecule has 0 spiro atoms. The summed E-state index contributed by atoms with van der Waals surface area (Å²) >= 11 is 5.74. The van der Waals surface area contributed by atoms with E-state index in [1.54, 1.807) is 6.07 Å². The Morgan fingerprint density at radius 2 is 2.31 bits per heavy atom. The van der Waals surface area contributed by atoms with Crippen molar-refractivity contribution in [3.05, 3.63) is 27.3 Å². The van der Waals surface area contributed by atoms with Crippen molar-refractivity contribution in [2.45, 2.75) is 24.7 Å². The predicted octanol–water partition coefficient (Wildman–Crippen LogP) is 3.45. The molecule has 0 radical (unpaired) electrons. The molecule has 0 amide bonds. The van der Waals surface area contributed by atoms with E-state index >= 15 is 0 Å². The maximum Gasteiger partial charge on any atom is 0.272 e. The summed E-state index contributed by atoms with van der Waals surface area (Å²) < 4.78 is 0.836. The summed E-state index contributed by atoms with van der Waals surface area (Å²) in [5, 5.41) is 11.7. The molecular formula is C10H10N2O2S2. The number of fused-ring (bicyclic) bond motifs is 1. The number of thiazole rings is 1. The highest BCUT2D eigenvalue weighted by atomic mass is 32.1. The van der Waals surface area contributed by atoms with E-state index in [2.05, 4.69) is 24.5 Å². The Hall–Kier alpha value is -1.14. The molecule has 0 fully saturated rings. The molecule has 0 bridgehead atoms. The minimum absolute atomic E-state index is 0.0733. The molecule has 2 rings (SSSR count). The van der Waals surface area contributed by atoms with Crippen LogP contribution in [0.5, 0.6) is 0 Å². The maximum absolute atomic E-state index is 10.7. The summed E-state index contributed by atoms with van der Waals surface area (Å²) in [5.74, 6) is 0. The van der Waals surface area contributed by atoms with E-state index in [9.17, 15) is 10.1 Å². The van der Waals surface area contributed by atoms with Crippen LogP contribution in [-0.4, -0.2) is 9.91 Å². The molecule has 6 heteroatoms. The Balaban J connectivity index is 2.58. The van der Waals surface area contributed by atoms with Gasteiger partial charge in [-0.1, -0.05) is 6.92 Å². The fourth-order valence-corrected chi connectivity index (χ4v) is 2.98. The Morgan fingerprint density at radius 3 is 2.94 bits per heavy atom. The minimum Gasteiger partial charge on any atom is -0.258 e. The number of rotatable bonds is 3. The van der Waals surface area contributed by atoms with Crippen LogP contribution in [0.4, 0.5) is 5.69 Å². The molecule has 0 atom stereocenters. The number of aryl methyl sites for hydroxylation is 1. The first-order valence-electron chi connectivity index (χ1n) is 4.88. The van der Waals surface area contributed by atoms with Crippen molar-refractivity contribution in [3.63, 3.8) is 0 Å². The van der Waals surface area contributed by atoms with Crippen molar-refractivity contribution in [3.8, 4) is 0 Å². The van der Waals surface area contributed by atoms with E-state index < -0.39 is 4.92 Å². The lowest BCUT2D eigenvalue weighted by Gasteiger charge is -1.94. The van der Waals surface area contributed by atoms with Crippen LogP contribution < -0.4 is 0 Å². The van der Waals surface area contributed by atoms with Crippen LogP contribution in [-0.2, 0) is 6.42 Å². The first-order chi connectivity index (χ1) is 7.61. The highest BCUT2D eigenvalue weighted by molar-refractivity contribution is 7.80. The standard InChI is InChI=1S/C10H10N2O2S2/c1-2-3-9-11-10-7(15)4-6(12(13)14)5-8(10)16-9/h4-5,15H,2-3H2,1H3. The number of hydrogen-bond acceptors (Lipinski definition) is 5. The number of nitro groups is 1. The van der Waals surface area contributed by atoms with E-state index in [0.717, 1.165) is 28.1 Å². The van der Waals surface area contributed by atoms with Gasteiger partial charge >= 0.3 is 0 Å². The average molecular weight is 254 g/mol. The van der Waals surface area contributed by atoms with Gasteiger partial charge in [0.05, 0.1) is 20.1 Å². The van der Waals surface area contributed by atoms with Gasteiger partial charge in [0.2, 0.25) is 0 Å². The predicted molar refractivity (Wildman–Crippen MR) is 67.5 cm³/mol. The normalized spacial score (nSPS) is 10.9. The van der Waals surface area contributed by atoms with E-state index in [1.165, 1.54) is 17.4 Å². The van der Waals surface area contributed by atoms with Crippen LogP contribution in [0, 0.1) is 10.1 Å². The molecule has 1 aromatic carbocycles. The molecule has 1 aromatic heterocycles. The fourth-order valence-electron chi connectivity index (χ4n) is 1.47. The molecule has 84 valence electrons. The zero-order valence-electron chi connectivity index (χ0n) is 8.64. The molecule has 0 aliphatic heterocycles. The summed E-state index contributed by atoms with van der Waals surface area (Å²) in [5.41, 5.74) is 0.839. The highest BCUT2D eigenvalue weighted by Gasteiger charge is 2.13. The zero-order chi connectivity index (χ0) is 11.7. The third-order valence-electron chi connectivity index (χ3n) is 2.18. The molecule has 4 nitrogen and oxygen atoms in total. The van der Waals surface area contributed by atoms with Crippen LogP contribution >= 0.6 is 24.0 Å². The number of nitro benzene ring substituents is 1. The number of non-ortho nitro benzene ring substituents is 1. The summed E-state index contributed by atoms with van der Waals surface area (Å²) in [6, 6.07) is 3.01. The monoisotopic (exact) mass is 254 g/mol. The van der Waals surface area contributed by atoms with E-state index in [0.29, 0.717) is 4.90 Å². The quantitative estimate of drug-likeness (QED) is 0.518. The van der Waals surface area contributed by atoms with Gasteiger partial charge in [0.1, 0.15) is 0 Å². The van der Waals surface area contributed by atoms with Crippen LogP contribution in [0.15, 0.2) is 17.0 Å². The zero-order valence-corrected chi connectivity index (χ0v) is 10.3. The van der Waals surface area contributed by atoms with Crippen LogP contribution in [0.3, 0.4) is 0 Å². The van der Waals surface area contributed by atoms with Crippen LogP contribution in [0.2, 0.25) is 0 Å². The molecule has 0 saturated heterocycles. The molecule has 0 aliphatic carbocycles. The van der Waals surface area contributed by atoms with Gasteiger partial charge in [-0.15, -0.1) is 24.0 Å². The lowest BCUT2D eigenvalue weighted by Crippen LogP contribution is -1.87. The first kappa shape index (κ1) is 11.3. The smallest absolute Gasteiger partial charge is 0.258 e.